The average molecular weight is 395 g/mol. The maximum Gasteiger partial charge on any atom is 0.232 e. The Balaban J connectivity index is 1.37. The Labute approximate surface area is 169 Å². The van der Waals surface area contributed by atoms with Gasteiger partial charge in [-0.2, -0.15) is 0 Å². The van der Waals surface area contributed by atoms with Crippen molar-refractivity contribution in [3.8, 4) is 0 Å². The zero-order valence-corrected chi connectivity index (χ0v) is 16.9. The first kappa shape index (κ1) is 19.0. The monoisotopic (exact) mass is 394 g/mol. The van der Waals surface area contributed by atoms with E-state index in [2.05, 4.69) is 41.2 Å². The minimum atomic E-state index is 0.133. The van der Waals surface area contributed by atoms with Crippen LogP contribution in [-0.4, -0.2) is 46.2 Å². The van der Waals surface area contributed by atoms with Crippen molar-refractivity contribution in [3.63, 3.8) is 0 Å². The number of para-hydroxylation sites is 2. The second-order valence-electron chi connectivity index (χ2n) is 7.40. The van der Waals surface area contributed by atoms with E-state index in [1.807, 2.05) is 35.2 Å². The van der Waals surface area contributed by atoms with E-state index in [0.717, 1.165) is 29.9 Å². The topological polar surface area (TPSA) is 75.0 Å². The molecule has 1 fully saturated rings. The van der Waals surface area contributed by atoms with Gasteiger partial charge in [-0.25, -0.2) is 4.98 Å². The number of aromatic nitrogens is 2. The highest BCUT2D eigenvalue weighted by atomic mass is 32.2. The van der Waals surface area contributed by atoms with Crippen molar-refractivity contribution >= 4 is 28.7 Å². The maximum atomic E-state index is 12.8. The SMILES string of the molecule is CC(SCC(=O)N1C[C@@H](CN)[C@H](c2ccccc2)C1)c1nc2ccccc2[nH]1. The molecule has 6 heteroatoms. The molecule has 2 heterocycles. The molecule has 1 aromatic heterocycles. The number of benzene rings is 2. The minimum Gasteiger partial charge on any atom is -0.341 e. The van der Waals surface area contributed by atoms with Gasteiger partial charge < -0.3 is 15.6 Å². The normalized spacial score (nSPS) is 20.6. The molecule has 3 N–H and O–H groups in total. The van der Waals surface area contributed by atoms with Crippen molar-refractivity contribution in [2.45, 2.75) is 18.1 Å². The number of nitrogens with two attached hydrogens (primary N) is 1. The summed E-state index contributed by atoms with van der Waals surface area (Å²) in [5, 5.41) is 0.133. The third kappa shape index (κ3) is 3.93. The van der Waals surface area contributed by atoms with Gasteiger partial charge in [0, 0.05) is 19.0 Å². The molecule has 1 unspecified atom stereocenters. The molecule has 3 atom stereocenters. The number of aromatic amines is 1. The Morgan fingerprint density at radius 3 is 2.71 bits per heavy atom. The Kier molecular flexibility index (Phi) is 5.69. The number of hydrogen-bond donors (Lipinski definition) is 2. The molecule has 0 spiro atoms. The van der Waals surface area contributed by atoms with Gasteiger partial charge in [-0.1, -0.05) is 42.5 Å². The van der Waals surface area contributed by atoms with Gasteiger partial charge in [0.1, 0.15) is 5.82 Å². The maximum absolute atomic E-state index is 12.8. The van der Waals surface area contributed by atoms with Crippen molar-refractivity contribution in [2.75, 3.05) is 25.4 Å². The minimum absolute atomic E-state index is 0.133. The zero-order chi connectivity index (χ0) is 19.5. The van der Waals surface area contributed by atoms with Gasteiger partial charge in [0.05, 0.1) is 22.0 Å². The number of rotatable bonds is 6. The second kappa shape index (κ2) is 8.37. The van der Waals surface area contributed by atoms with Gasteiger partial charge in [0.15, 0.2) is 0 Å². The van der Waals surface area contributed by atoms with Crippen LogP contribution in [0.2, 0.25) is 0 Å². The van der Waals surface area contributed by atoms with Crippen molar-refractivity contribution < 1.29 is 4.79 Å². The van der Waals surface area contributed by atoms with Crippen molar-refractivity contribution in [1.29, 1.82) is 0 Å². The largest absolute Gasteiger partial charge is 0.341 e. The molecule has 5 nitrogen and oxygen atoms in total. The van der Waals surface area contributed by atoms with Crippen LogP contribution in [0.4, 0.5) is 0 Å². The molecule has 1 aliphatic rings. The lowest BCUT2D eigenvalue weighted by Crippen LogP contribution is -2.31. The molecule has 1 saturated heterocycles. The number of hydrogen-bond acceptors (Lipinski definition) is 4. The summed E-state index contributed by atoms with van der Waals surface area (Å²) in [5.41, 5.74) is 9.28. The molecule has 0 bridgehead atoms. The van der Waals surface area contributed by atoms with E-state index in [9.17, 15) is 4.79 Å². The molecular weight excluding hydrogens is 368 g/mol. The summed E-state index contributed by atoms with van der Waals surface area (Å²) in [6.45, 7) is 4.19. The molecule has 1 amide bonds. The van der Waals surface area contributed by atoms with E-state index in [1.54, 1.807) is 11.8 Å². The van der Waals surface area contributed by atoms with E-state index in [4.69, 9.17) is 5.73 Å². The third-order valence-corrected chi connectivity index (χ3v) is 6.71. The van der Waals surface area contributed by atoms with E-state index in [0.29, 0.717) is 24.1 Å². The summed E-state index contributed by atoms with van der Waals surface area (Å²) in [6, 6.07) is 18.4. The molecule has 146 valence electrons. The van der Waals surface area contributed by atoms with Gasteiger partial charge >= 0.3 is 0 Å². The molecule has 0 saturated carbocycles. The Hall–Kier alpha value is -2.31. The van der Waals surface area contributed by atoms with Crippen LogP contribution in [-0.2, 0) is 4.79 Å². The third-order valence-electron chi connectivity index (χ3n) is 5.57. The highest BCUT2D eigenvalue weighted by Crippen LogP contribution is 2.33. The summed E-state index contributed by atoms with van der Waals surface area (Å²) >= 11 is 1.63. The molecule has 0 radical (unpaired) electrons. The molecular formula is C22H26N4OS. The molecule has 2 aromatic carbocycles. The van der Waals surface area contributed by atoms with E-state index >= 15 is 0 Å². The number of fused-ring (bicyclic) bond motifs is 1. The van der Waals surface area contributed by atoms with Crippen LogP contribution in [0, 0.1) is 5.92 Å². The molecule has 1 aliphatic heterocycles. The summed E-state index contributed by atoms with van der Waals surface area (Å²) in [7, 11) is 0. The Morgan fingerprint density at radius 2 is 1.96 bits per heavy atom. The standard InChI is InChI=1S/C22H26N4OS/c1-15(22-24-19-9-5-6-10-20(19)25-22)28-14-21(27)26-12-17(11-23)18(13-26)16-7-3-2-4-8-16/h2-10,15,17-18H,11-14,23H2,1H3,(H,24,25)/t15?,17-,18+/m1/s1. The smallest absolute Gasteiger partial charge is 0.232 e. The van der Waals surface area contributed by atoms with Crippen molar-refractivity contribution in [2.24, 2.45) is 11.7 Å². The van der Waals surface area contributed by atoms with Crippen molar-refractivity contribution in [3.05, 3.63) is 66.0 Å². The lowest BCUT2D eigenvalue weighted by atomic mass is 9.89. The zero-order valence-electron chi connectivity index (χ0n) is 16.0. The Bertz CT molecular complexity index is 909. The highest BCUT2D eigenvalue weighted by Gasteiger charge is 2.35. The first-order valence-corrected chi connectivity index (χ1v) is 10.8. The van der Waals surface area contributed by atoms with Gasteiger partial charge in [-0.05, 0) is 37.1 Å². The predicted octanol–water partition coefficient (Wildman–Crippen LogP) is 3.56. The molecule has 4 rings (SSSR count). The van der Waals surface area contributed by atoms with Crippen LogP contribution < -0.4 is 5.73 Å². The Morgan fingerprint density at radius 1 is 1.21 bits per heavy atom. The number of carbonyl (C=O) groups excluding carboxylic acids is 1. The number of carbonyl (C=O) groups is 1. The quantitative estimate of drug-likeness (QED) is 0.670. The van der Waals surface area contributed by atoms with Crippen LogP contribution in [0.25, 0.3) is 11.0 Å². The number of likely N-dealkylation sites (tertiary alicyclic amines) is 1. The van der Waals surface area contributed by atoms with E-state index in [1.165, 1.54) is 5.56 Å². The lowest BCUT2D eigenvalue weighted by Gasteiger charge is -2.17. The molecule has 0 aliphatic carbocycles. The highest BCUT2D eigenvalue weighted by molar-refractivity contribution is 8.00. The number of amides is 1. The van der Waals surface area contributed by atoms with Gasteiger partial charge in [-0.3, -0.25) is 4.79 Å². The van der Waals surface area contributed by atoms with Crippen LogP contribution >= 0.6 is 11.8 Å². The van der Waals surface area contributed by atoms with Gasteiger partial charge in [-0.15, -0.1) is 11.8 Å². The number of imidazole rings is 1. The van der Waals surface area contributed by atoms with Crippen LogP contribution in [0.15, 0.2) is 54.6 Å². The summed E-state index contributed by atoms with van der Waals surface area (Å²) < 4.78 is 0. The summed E-state index contributed by atoms with van der Waals surface area (Å²) in [6.07, 6.45) is 0. The number of nitrogens with zero attached hydrogens (tertiary/aromatic N) is 2. The first-order chi connectivity index (χ1) is 13.7. The predicted molar refractivity (Wildman–Crippen MR) is 115 cm³/mol. The number of H-pyrrole nitrogens is 1. The second-order valence-corrected chi connectivity index (χ2v) is 8.73. The lowest BCUT2D eigenvalue weighted by molar-refractivity contribution is -0.127. The summed E-state index contributed by atoms with van der Waals surface area (Å²) in [4.78, 5) is 22.8. The average Bonchev–Trinajstić information content (AvgIpc) is 3.36. The van der Waals surface area contributed by atoms with Crippen LogP contribution in [0.5, 0.6) is 0 Å². The summed E-state index contributed by atoms with van der Waals surface area (Å²) in [5.74, 6) is 2.21. The van der Waals surface area contributed by atoms with Gasteiger partial charge in [0.2, 0.25) is 5.91 Å². The van der Waals surface area contributed by atoms with E-state index < -0.39 is 0 Å². The van der Waals surface area contributed by atoms with Crippen LogP contribution in [0.3, 0.4) is 0 Å². The van der Waals surface area contributed by atoms with Gasteiger partial charge in [0.25, 0.3) is 0 Å². The molecule has 28 heavy (non-hydrogen) atoms. The fourth-order valence-corrected chi connectivity index (χ4v) is 4.77. The van der Waals surface area contributed by atoms with Crippen molar-refractivity contribution in [1.82, 2.24) is 14.9 Å². The van der Waals surface area contributed by atoms with E-state index in [-0.39, 0.29) is 11.2 Å². The fraction of sp³-hybridized carbons (Fsp3) is 0.364. The number of nitrogens with one attached hydrogen (secondary N) is 1. The first-order valence-electron chi connectivity index (χ1n) is 9.74. The number of thioether (sulfide) groups is 1. The van der Waals surface area contributed by atoms with Crippen LogP contribution in [0.1, 0.15) is 29.5 Å². The molecule has 3 aromatic rings. The fourth-order valence-electron chi connectivity index (χ4n) is 3.92.